The smallest absolute Gasteiger partial charge is 0.259 e. The molecule has 0 radical (unpaired) electrons. The van der Waals surface area contributed by atoms with Gasteiger partial charge in [-0.3, -0.25) is 0 Å². The highest BCUT2D eigenvalue weighted by Crippen LogP contribution is 2.58. The fraction of sp³-hybridized carbons (Fsp3) is 0.455. The topological polar surface area (TPSA) is 21.7 Å². The van der Waals surface area contributed by atoms with Crippen molar-refractivity contribution < 1.29 is 9.05 Å². The molecule has 1 saturated heterocycles. The van der Waals surface area contributed by atoms with Crippen molar-refractivity contribution >= 4 is 8.53 Å². The van der Waals surface area contributed by atoms with E-state index in [1.54, 1.807) is 0 Å². The second-order valence-electron chi connectivity index (χ2n) is 4.16. The highest BCUT2D eigenvalue weighted by atomic mass is 31.2. The van der Waals surface area contributed by atoms with Gasteiger partial charge in [0.15, 0.2) is 0 Å². The van der Waals surface area contributed by atoms with Crippen LogP contribution in [0.3, 0.4) is 0 Å². The molecule has 2 aliphatic rings. The maximum absolute atomic E-state index is 5.94. The summed E-state index contributed by atoms with van der Waals surface area (Å²) in [5.41, 5.74) is 2.69. The van der Waals surface area contributed by atoms with Crippen LogP contribution in [0.2, 0.25) is 0 Å². The molecule has 15 heavy (non-hydrogen) atoms. The molecule has 1 aromatic rings. The minimum Gasteiger partial charge on any atom is -0.315 e. The van der Waals surface area contributed by atoms with Gasteiger partial charge in [0, 0.05) is 6.42 Å². The molecule has 0 bridgehead atoms. The zero-order valence-corrected chi connectivity index (χ0v) is 9.78. The summed E-state index contributed by atoms with van der Waals surface area (Å²) >= 11 is 0. The molecular weight excluding hydrogens is 209 g/mol. The molecule has 0 N–H and O–H groups in total. The van der Waals surface area contributed by atoms with Crippen LogP contribution in [0, 0.1) is 0 Å². The SMILES string of the molecule is CN(C)P1OC2c3ccccc3C[C@H]2O1. The van der Waals surface area contributed by atoms with Crippen molar-refractivity contribution in [2.24, 2.45) is 0 Å². The van der Waals surface area contributed by atoms with Gasteiger partial charge in [0.25, 0.3) is 8.53 Å². The lowest BCUT2D eigenvalue weighted by Crippen LogP contribution is -2.09. The third-order valence-electron chi connectivity index (χ3n) is 2.88. The lowest BCUT2D eigenvalue weighted by atomic mass is 10.1. The maximum atomic E-state index is 5.94. The Morgan fingerprint density at radius 1 is 1.27 bits per heavy atom. The quantitative estimate of drug-likeness (QED) is 0.683. The Morgan fingerprint density at radius 3 is 2.87 bits per heavy atom. The van der Waals surface area contributed by atoms with Crippen molar-refractivity contribution in [1.29, 1.82) is 0 Å². The molecule has 0 saturated carbocycles. The molecule has 3 atom stereocenters. The van der Waals surface area contributed by atoms with E-state index in [0.29, 0.717) is 0 Å². The summed E-state index contributed by atoms with van der Waals surface area (Å²) in [6, 6.07) is 8.46. The van der Waals surface area contributed by atoms with Crippen molar-refractivity contribution in [2.75, 3.05) is 14.1 Å². The lowest BCUT2D eigenvalue weighted by Gasteiger charge is -2.16. The molecule has 1 heterocycles. The largest absolute Gasteiger partial charge is 0.315 e. The fourth-order valence-corrected chi connectivity index (χ4v) is 3.45. The Kier molecular flexibility index (Phi) is 2.29. The molecule has 1 fully saturated rings. The number of hydrogen-bond donors (Lipinski definition) is 0. The summed E-state index contributed by atoms with van der Waals surface area (Å²) in [7, 11) is 3.17. The summed E-state index contributed by atoms with van der Waals surface area (Å²) in [6.07, 6.45) is 1.39. The van der Waals surface area contributed by atoms with Gasteiger partial charge in [-0.2, -0.15) is 0 Å². The van der Waals surface area contributed by atoms with E-state index in [9.17, 15) is 0 Å². The highest BCUT2D eigenvalue weighted by Gasteiger charge is 2.44. The van der Waals surface area contributed by atoms with Crippen LogP contribution in [0.5, 0.6) is 0 Å². The molecule has 1 aliphatic carbocycles. The van der Waals surface area contributed by atoms with Gasteiger partial charge >= 0.3 is 0 Å². The summed E-state index contributed by atoms with van der Waals surface area (Å²) in [5.74, 6) is 0. The summed E-state index contributed by atoms with van der Waals surface area (Å²) in [5, 5.41) is 0. The molecule has 2 unspecified atom stereocenters. The van der Waals surface area contributed by atoms with E-state index >= 15 is 0 Å². The molecule has 4 heteroatoms. The number of rotatable bonds is 1. The van der Waals surface area contributed by atoms with Crippen molar-refractivity contribution in [3.63, 3.8) is 0 Å². The van der Waals surface area contributed by atoms with Crippen LogP contribution < -0.4 is 0 Å². The van der Waals surface area contributed by atoms with E-state index in [2.05, 4.69) is 24.3 Å². The molecule has 3 rings (SSSR count). The van der Waals surface area contributed by atoms with Crippen LogP contribution in [-0.2, 0) is 15.5 Å². The fourth-order valence-electron chi connectivity index (χ4n) is 2.17. The maximum Gasteiger partial charge on any atom is 0.259 e. The van der Waals surface area contributed by atoms with Crippen LogP contribution in [-0.4, -0.2) is 24.9 Å². The van der Waals surface area contributed by atoms with E-state index < -0.39 is 8.53 Å². The Bertz CT molecular complexity index is 383. The first-order chi connectivity index (χ1) is 7.25. The molecule has 1 aliphatic heterocycles. The van der Waals surface area contributed by atoms with Crippen LogP contribution in [0.4, 0.5) is 0 Å². The average molecular weight is 223 g/mol. The molecule has 1 aromatic carbocycles. The Labute approximate surface area is 91.0 Å². The Balaban J connectivity index is 1.88. The number of benzene rings is 1. The van der Waals surface area contributed by atoms with Crippen LogP contribution in [0.25, 0.3) is 0 Å². The highest BCUT2D eigenvalue weighted by molar-refractivity contribution is 7.44. The van der Waals surface area contributed by atoms with Gasteiger partial charge in [-0.1, -0.05) is 24.3 Å². The van der Waals surface area contributed by atoms with Gasteiger partial charge in [0.05, 0.1) is 0 Å². The second-order valence-corrected chi connectivity index (χ2v) is 5.86. The predicted octanol–water partition coefficient (Wildman–Crippen LogP) is 2.49. The number of hydrogen-bond acceptors (Lipinski definition) is 3. The van der Waals surface area contributed by atoms with E-state index in [4.69, 9.17) is 9.05 Å². The standard InChI is InChI=1S/C11H14NO2P/c1-12(2)15-13-10-7-8-5-3-4-6-9(8)11(10)14-15/h3-6,10-11H,7H2,1-2H3/t10-,11?,15?/m1/s1. The summed E-state index contributed by atoms with van der Waals surface area (Å²) in [6.45, 7) is 0. The third-order valence-corrected chi connectivity index (χ3v) is 4.39. The van der Waals surface area contributed by atoms with Gasteiger partial charge in [-0.15, -0.1) is 0 Å². The number of nitrogens with zero attached hydrogens (tertiary/aromatic N) is 1. The Hall–Kier alpha value is -0.470. The van der Waals surface area contributed by atoms with Gasteiger partial charge in [-0.05, 0) is 25.2 Å². The van der Waals surface area contributed by atoms with Gasteiger partial charge in [0.2, 0.25) is 0 Å². The summed E-state index contributed by atoms with van der Waals surface area (Å²) < 4.78 is 13.9. The molecule has 0 spiro atoms. The predicted molar refractivity (Wildman–Crippen MR) is 59.5 cm³/mol. The monoisotopic (exact) mass is 223 g/mol. The van der Waals surface area contributed by atoms with E-state index in [1.807, 2.05) is 18.8 Å². The first-order valence-electron chi connectivity index (χ1n) is 5.14. The molecule has 80 valence electrons. The van der Waals surface area contributed by atoms with Crippen LogP contribution in [0.1, 0.15) is 17.2 Å². The first-order valence-corrected chi connectivity index (χ1v) is 6.27. The van der Waals surface area contributed by atoms with Gasteiger partial charge < -0.3 is 9.05 Å². The zero-order chi connectivity index (χ0) is 10.4. The Morgan fingerprint density at radius 2 is 2.07 bits per heavy atom. The van der Waals surface area contributed by atoms with Crippen LogP contribution in [0.15, 0.2) is 24.3 Å². The third kappa shape index (κ3) is 1.51. The molecular formula is C11H14NO2P. The van der Waals surface area contributed by atoms with Gasteiger partial charge in [0.1, 0.15) is 12.2 Å². The van der Waals surface area contributed by atoms with E-state index in [0.717, 1.165) is 6.42 Å². The minimum atomic E-state index is -0.828. The van der Waals surface area contributed by atoms with Crippen LogP contribution >= 0.6 is 8.53 Å². The van der Waals surface area contributed by atoms with Gasteiger partial charge in [-0.25, -0.2) is 4.67 Å². The molecule has 0 amide bonds. The lowest BCUT2D eigenvalue weighted by molar-refractivity contribution is 0.176. The van der Waals surface area contributed by atoms with E-state index in [-0.39, 0.29) is 12.2 Å². The van der Waals surface area contributed by atoms with Crippen molar-refractivity contribution in [3.05, 3.63) is 35.4 Å². The van der Waals surface area contributed by atoms with Crippen molar-refractivity contribution in [1.82, 2.24) is 4.67 Å². The molecule has 0 aromatic heterocycles. The number of fused-ring (bicyclic) bond motifs is 3. The minimum absolute atomic E-state index is 0.162. The van der Waals surface area contributed by atoms with E-state index in [1.165, 1.54) is 11.1 Å². The second kappa shape index (κ2) is 3.53. The zero-order valence-electron chi connectivity index (χ0n) is 8.88. The molecule has 3 nitrogen and oxygen atoms in total. The van der Waals surface area contributed by atoms with Crippen molar-refractivity contribution in [2.45, 2.75) is 18.6 Å². The first kappa shape index (κ1) is 9.73. The van der Waals surface area contributed by atoms with Crippen molar-refractivity contribution in [3.8, 4) is 0 Å². The normalized spacial score (nSPS) is 33.1. The summed E-state index contributed by atoms with van der Waals surface area (Å²) in [4.78, 5) is 0. The average Bonchev–Trinajstić information content (AvgIpc) is 2.73.